The van der Waals surface area contributed by atoms with Gasteiger partial charge in [0.25, 0.3) is 0 Å². The van der Waals surface area contributed by atoms with E-state index in [9.17, 15) is 9.18 Å². The molecule has 9 heteroatoms. The highest BCUT2D eigenvalue weighted by Gasteiger charge is 2.30. The number of aromatic nitrogens is 3. The molecular formula is C22H25FN6OS. The van der Waals surface area contributed by atoms with Crippen molar-refractivity contribution < 1.29 is 9.18 Å². The molecule has 1 fully saturated rings. The third-order valence-electron chi connectivity index (χ3n) is 5.32. The van der Waals surface area contributed by atoms with Crippen molar-refractivity contribution in [1.29, 1.82) is 0 Å². The summed E-state index contributed by atoms with van der Waals surface area (Å²) >= 11 is 1.40. The third-order valence-corrected chi connectivity index (χ3v) is 6.00. The van der Waals surface area contributed by atoms with Gasteiger partial charge in [-0.2, -0.15) is 0 Å². The summed E-state index contributed by atoms with van der Waals surface area (Å²) in [5, 5.41) is 5.30. The van der Waals surface area contributed by atoms with Crippen LogP contribution in [0.2, 0.25) is 0 Å². The zero-order chi connectivity index (χ0) is 21.8. The Labute approximate surface area is 185 Å². The van der Waals surface area contributed by atoms with Gasteiger partial charge in [-0.3, -0.25) is 9.69 Å². The first-order valence-electron chi connectivity index (χ1n) is 10.2. The highest BCUT2D eigenvalue weighted by atomic mass is 32.1. The van der Waals surface area contributed by atoms with Gasteiger partial charge in [0.15, 0.2) is 5.13 Å². The van der Waals surface area contributed by atoms with E-state index in [0.29, 0.717) is 11.1 Å². The van der Waals surface area contributed by atoms with Crippen LogP contribution in [-0.2, 0) is 4.79 Å². The van der Waals surface area contributed by atoms with Gasteiger partial charge in [0.1, 0.15) is 5.82 Å². The molecule has 0 saturated carbocycles. The molecule has 0 unspecified atom stereocenters. The van der Waals surface area contributed by atoms with Crippen molar-refractivity contribution >= 4 is 28.3 Å². The van der Waals surface area contributed by atoms with Gasteiger partial charge in [-0.25, -0.2) is 19.3 Å². The molecule has 1 aliphatic rings. The maximum atomic E-state index is 13.5. The number of nitrogens with one attached hydrogen (secondary N) is 1. The van der Waals surface area contributed by atoms with E-state index >= 15 is 0 Å². The van der Waals surface area contributed by atoms with Crippen molar-refractivity contribution in [3.63, 3.8) is 0 Å². The number of carbonyl (C=O) groups excluding carboxylic acids is 1. The Morgan fingerprint density at radius 3 is 2.77 bits per heavy atom. The van der Waals surface area contributed by atoms with Gasteiger partial charge in [0.05, 0.1) is 18.3 Å². The summed E-state index contributed by atoms with van der Waals surface area (Å²) in [7, 11) is 3.80. The molecule has 1 saturated heterocycles. The summed E-state index contributed by atoms with van der Waals surface area (Å²) in [5.41, 5.74) is 2.59. The number of carbonyl (C=O) groups is 1. The molecule has 31 heavy (non-hydrogen) atoms. The van der Waals surface area contributed by atoms with E-state index in [-0.39, 0.29) is 24.3 Å². The van der Waals surface area contributed by atoms with Gasteiger partial charge >= 0.3 is 0 Å². The van der Waals surface area contributed by atoms with Crippen LogP contribution in [0.4, 0.5) is 15.5 Å². The maximum absolute atomic E-state index is 13.5. The number of rotatable bonds is 6. The van der Waals surface area contributed by atoms with Crippen LogP contribution in [0.3, 0.4) is 0 Å². The second-order valence-electron chi connectivity index (χ2n) is 7.74. The van der Waals surface area contributed by atoms with Crippen LogP contribution in [-0.4, -0.2) is 52.9 Å². The van der Waals surface area contributed by atoms with Gasteiger partial charge in [-0.15, -0.1) is 11.3 Å². The Bertz CT molecular complexity index is 1020. The van der Waals surface area contributed by atoms with E-state index in [1.807, 2.05) is 24.4 Å². The van der Waals surface area contributed by atoms with Crippen molar-refractivity contribution in [2.75, 3.05) is 37.4 Å². The number of anilines is 2. The highest BCUT2D eigenvalue weighted by Crippen LogP contribution is 2.36. The van der Waals surface area contributed by atoms with Crippen LogP contribution in [0.1, 0.15) is 31.0 Å². The Morgan fingerprint density at radius 1 is 1.26 bits per heavy atom. The molecule has 7 nitrogen and oxygen atoms in total. The van der Waals surface area contributed by atoms with Gasteiger partial charge in [-0.05, 0) is 37.1 Å². The summed E-state index contributed by atoms with van der Waals surface area (Å²) < 4.78 is 13.5. The Hall–Kier alpha value is -2.91. The van der Waals surface area contributed by atoms with E-state index in [0.717, 1.165) is 42.6 Å². The summed E-state index contributed by atoms with van der Waals surface area (Å²) in [6.45, 7) is 1.06. The molecule has 3 heterocycles. The monoisotopic (exact) mass is 440 g/mol. The number of piperidine rings is 1. The standard InChI is InChI=1S/C22H25FN6OS/c1-28(2)21-25-13-17(15-6-8-16(23)9-7-15)20(27-21)18-5-3-4-11-29(18)14-19(30)26-22-24-10-12-31-22/h6-10,12-13,18H,3-5,11,14H2,1-2H3,(H,24,26,30)/t18-/m0/s1. The minimum atomic E-state index is -0.283. The minimum Gasteiger partial charge on any atom is -0.347 e. The lowest BCUT2D eigenvalue weighted by molar-refractivity contribution is -0.118. The first-order valence-corrected chi connectivity index (χ1v) is 11.1. The number of likely N-dealkylation sites (tertiary alicyclic amines) is 1. The number of hydrogen-bond acceptors (Lipinski definition) is 7. The highest BCUT2D eigenvalue weighted by molar-refractivity contribution is 7.13. The van der Waals surface area contributed by atoms with E-state index in [1.165, 1.54) is 23.5 Å². The predicted octanol–water partition coefficient (Wildman–Crippen LogP) is 3.97. The number of thiazole rings is 1. The lowest BCUT2D eigenvalue weighted by Gasteiger charge is -2.35. The zero-order valence-electron chi connectivity index (χ0n) is 17.6. The number of halogens is 1. The molecule has 4 rings (SSSR count). The molecule has 1 amide bonds. The molecule has 2 aromatic heterocycles. The van der Waals surface area contributed by atoms with E-state index < -0.39 is 0 Å². The first kappa shape index (κ1) is 21.3. The van der Waals surface area contributed by atoms with Crippen LogP contribution < -0.4 is 10.2 Å². The second kappa shape index (κ2) is 9.49. The number of hydrogen-bond donors (Lipinski definition) is 1. The molecule has 162 valence electrons. The van der Waals surface area contributed by atoms with Gasteiger partial charge < -0.3 is 10.2 Å². The van der Waals surface area contributed by atoms with Crippen LogP contribution in [0.15, 0.2) is 42.0 Å². The zero-order valence-corrected chi connectivity index (χ0v) is 18.4. The molecule has 1 N–H and O–H groups in total. The maximum Gasteiger partial charge on any atom is 0.240 e. The van der Waals surface area contributed by atoms with Crippen molar-refractivity contribution in [2.24, 2.45) is 0 Å². The Morgan fingerprint density at radius 2 is 2.06 bits per heavy atom. The lowest BCUT2D eigenvalue weighted by atomic mass is 9.93. The smallest absolute Gasteiger partial charge is 0.240 e. The molecule has 0 spiro atoms. The van der Waals surface area contributed by atoms with Gasteiger partial charge in [-0.1, -0.05) is 18.6 Å². The van der Waals surface area contributed by atoms with E-state index in [4.69, 9.17) is 4.98 Å². The van der Waals surface area contributed by atoms with E-state index in [1.54, 1.807) is 24.5 Å². The van der Waals surface area contributed by atoms with Gasteiger partial charge in [0.2, 0.25) is 11.9 Å². The Kier molecular flexibility index (Phi) is 6.53. The quantitative estimate of drug-likeness (QED) is 0.625. The summed E-state index contributed by atoms with van der Waals surface area (Å²) in [5.74, 6) is 0.236. The first-order chi connectivity index (χ1) is 15.0. The number of benzene rings is 1. The summed E-state index contributed by atoms with van der Waals surface area (Å²) in [4.78, 5) is 30.2. The molecule has 1 aliphatic heterocycles. The number of nitrogens with zero attached hydrogens (tertiary/aromatic N) is 5. The summed E-state index contributed by atoms with van der Waals surface area (Å²) in [6.07, 6.45) is 6.44. The van der Waals surface area contributed by atoms with Crippen molar-refractivity contribution in [2.45, 2.75) is 25.3 Å². The average Bonchev–Trinajstić information content (AvgIpc) is 3.27. The largest absolute Gasteiger partial charge is 0.347 e. The fourth-order valence-corrected chi connectivity index (χ4v) is 4.37. The molecule has 3 aromatic rings. The van der Waals surface area contributed by atoms with Crippen LogP contribution in [0.5, 0.6) is 0 Å². The minimum absolute atomic E-state index is 0.0300. The summed E-state index contributed by atoms with van der Waals surface area (Å²) in [6, 6.07) is 6.35. The molecule has 0 aliphatic carbocycles. The second-order valence-corrected chi connectivity index (χ2v) is 8.63. The fourth-order valence-electron chi connectivity index (χ4n) is 3.82. The predicted molar refractivity (Wildman–Crippen MR) is 121 cm³/mol. The van der Waals surface area contributed by atoms with Crippen molar-refractivity contribution in [1.82, 2.24) is 19.9 Å². The third kappa shape index (κ3) is 5.05. The topological polar surface area (TPSA) is 74.2 Å². The van der Waals surface area contributed by atoms with Crippen LogP contribution in [0.25, 0.3) is 11.1 Å². The van der Waals surface area contributed by atoms with Crippen molar-refractivity contribution in [3.05, 3.63) is 53.6 Å². The van der Waals surface area contributed by atoms with Crippen molar-refractivity contribution in [3.8, 4) is 11.1 Å². The lowest BCUT2D eigenvalue weighted by Crippen LogP contribution is -2.40. The SMILES string of the molecule is CN(C)c1ncc(-c2ccc(F)cc2)c([C@@H]2CCCCN2CC(=O)Nc2nccs2)n1. The molecule has 1 aromatic carbocycles. The molecule has 1 atom stereocenters. The average molecular weight is 441 g/mol. The van der Waals surface area contributed by atoms with E-state index in [2.05, 4.69) is 20.2 Å². The molecule has 0 bridgehead atoms. The molecule has 0 radical (unpaired) electrons. The normalized spacial score (nSPS) is 16.8. The fraction of sp³-hybridized carbons (Fsp3) is 0.364. The van der Waals surface area contributed by atoms with Gasteiger partial charge in [0, 0.05) is 37.4 Å². The Balaban J connectivity index is 1.66. The number of amides is 1. The molecular weight excluding hydrogens is 415 g/mol. The van der Waals surface area contributed by atoms with Crippen LogP contribution in [0, 0.1) is 5.82 Å². The van der Waals surface area contributed by atoms with Crippen LogP contribution >= 0.6 is 11.3 Å².